The van der Waals surface area contributed by atoms with Gasteiger partial charge in [-0.3, -0.25) is 9.59 Å². The Labute approximate surface area is 131 Å². The van der Waals surface area contributed by atoms with Crippen molar-refractivity contribution in [2.24, 2.45) is 64.6 Å². The maximum Gasteiger partial charge on any atom is 0.141 e. The van der Waals surface area contributed by atoms with E-state index in [9.17, 15) is 9.59 Å². The van der Waals surface area contributed by atoms with E-state index in [0.29, 0.717) is 40.7 Å². The summed E-state index contributed by atoms with van der Waals surface area (Å²) in [6.07, 6.45) is 9.52. The second kappa shape index (κ2) is 3.26. The lowest BCUT2D eigenvalue weighted by Crippen LogP contribution is -2.40. The van der Waals surface area contributed by atoms with Crippen LogP contribution in [0.25, 0.3) is 0 Å². The molecule has 7 rings (SSSR count). The molecule has 0 aromatic heterocycles. The van der Waals surface area contributed by atoms with Gasteiger partial charge in [-0.1, -0.05) is 12.8 Å². The van der Waals surface area contributed by atoms with Crippen LogP contribution in [-0.2, 0) is 9.59 Å². The minimum atomic E-state index is 0.184. The molecule has 0 amide bonds. The van der Waals surface area contributed by atoms with E-state index in [1.54, 1.807) is 0 Å². The van der Waals surface area contributed by atoms with E-state index in [0.717, 1.165) is 11.8 Å². The highest BCUT2D eigenvalue weighted by Gasteiger charge is 2.83. The van der Waals surface area contributed by atoms with E-state index in [2.05, 4.69) is 0 Å². The fourth-order valence-corrected chi connectivity index (χ4v) is 10.1. The van der Waals surface area contributed by atoms with Crippen LogP contribution in [0.15, 0.2) is 0 Å². The minimum absolute atomic E-state index is 0.184. The third-order valence-corrected chi connectivity index (χ3v) is 9.98. The first-order valence-corrected chi connectivity index (χ1v) is 9.81. The molecule has 7 fully saturated rings. The standard InChI is InChI=1S/C20H24O2/c21-18-12-10-8-3-4-9(7-8)11-13(12)19(22)15-14(18)16(10)20(17(11)15)5-1-2-6-20/h8-17H,1-7H2/t8-,9-,10-,11+,12+,13-,14-,15+,16+,17+/m0/s1. The Morgan fingerprint density at radius 2 is 1.23 bits per heavy atom. The van der Waals surface area contributed by atoms with Crippen molar-refractivity contribution < 1.29 is 9.59 Å². The lowest BCUT2D eigenvalue weighted by molar-refractivity contribution is -0.141. The van der Waals surface area contributed by atoms with E-state index < -0.39 is 0 Å². The van der Waals surface area contributed by atoms with Crippen molar-refractivity contribution in [1.82, 2.24) is 0 Å². The van der Waals surface area contributed by atoms with Crippen LogP contribution >= 0.6 is 0 Å². The van der Waals surface area contributed by atoms with E-state index >= 15 is 0 Å². The molecule has 0 aliphatic heterocycles. The van der Waals surface area contributed by atoms with Crippen LogP contribution in [0, 0.1) is 64.6 Å². The molecule has 7 saturated carbocycles. The number of hydrogen-bond donors (Lipinski definition) is 0. The van der Waals surface area contributed by atoms with Crippen LogP contribution in [-0.4, -0.2) is 11.6 Å². The van der Waals surface area contributed by atoms with Crippen molar-refractivity contribution in [3.8, 4) is 0 Å². The number of Topliss-reactive ketones (excluding diaryl/α,β-unsaturated/α-hetero) is 2. The van der Waals surface area contributed by atoms with Crippen LogP contribution < -0.4 is 0 Å². The molecule has 0 heterocycles. The molecule has 8 bridgehead atoms. The average Bonchev–Trinajstić information content (AvgIpc) is 3.20. The zero-order valence-electron chi connectivity index (χ0n) is 13.0. The molecule has 0 aromatic rings. The minimum Gasteiger partial charge on any atom is -0.299 e. The molecule has 2 nitrogen and oxygen atoms in total. The Balaban J connectivity index is 1.59. The van der Waals surface area contributed by atoms with Crippen LogP contribution in [0.1, 0.15) is 44.9 Å². The second-order valence-corrected chi connectivity index (χ2v) is 9.89. The second-order valence-electron chi connectivity index (χ2n) is 9.89. The van der Waals surface area contributed by atoms with Gasteiger partial charge in [-0.2, -0.15) is 0 Å². The normalized spacial score (nSPS) is 64.5. The number of hydrogen-bond acceptors (Lipinski definition) is 2. The predicted molar refractivity (Wildman–Crippen MR) is 79.7 cm³/mol. The molecule has 0 unspecified atom stereocenters. The number of rotatable bonds is 0. The molecule has 0 radical (unpaired) electrons. The van der Waals surface area contributed by atoms with Crippen molar-refractivity contribution in [3.63, 3.8) is 0 Å². The summed E-state index contributed by atoms with van der Waals surface area (Å²) in [6, 6.07) is 0. The topological polar surface area (TPSA) is 34.1 Å². The van der Waals surface area contributed by atoms with Crippen molar-refractivity contribution in [2.45, 2.75) is 44.9 Å². The fourth-order valence-electron chi connectivity index (χ4n) is 10.1. The molecule has 7 aliphatic rings. The Hall–Kier alpha value is -0.660. The van der Waals surface area contributed by atoms with Gasteiger partial charge in [-0.05, 0) is 73.0 Å². The van der Waals surface area contributed by atoms with E-state index in [1.165, 1.54) is 44.9 Å². The van der Waals surface area contributed by atoms with E-state index in [-0.39, 0.29) is 23.7 Å². The van der Waals surface area contributed by atoms with Crippen LogP contribution in [0.2, 0.25) is 0 Å². The Bertz CT molecular complexity index is 582. The lowest BCUT2D eigenvalue weighted by atomic mass is 9.60. The zero-order valence-corrected chi connectivity index (χ0v) is 13.0. The first-order chi connectivity index (χ1) is 10.7. The van der Waals surface area contributed by atoms with Gasteiger partial charge in [0.05, 0.1) is 0 Å². The van der Waals surface area contributed by atoms with Crippen LogP contribution in [0.5, 0.6) is 0 Å². The summed E-state index contributed by atoms with van der Waals surface area (Å²) < 4.78 is 0. The van der Waals surface area contributed by atoms with Gasteiger partial charge in [0.1, 0.15) is 11.6 Å². The molecule has 1 spiro atoms. The molecule has 116 valence electrons. The third kappa shape index (κ3) is 0.893. The zero-order chi connectivity index (χ0) is 14.4. The van der Waals surface area contributed by atoms with E-state index in [1.807, 2.05) is 0 Å². The van der Waals surface area contributed by atoms with E-state index in [4.69, 9.17) is 0 Å². The number of ketones is 2. The molecule has 10 atom stereocenters. The highest BCUT2D eigenvalue weighted by molar-refractivity contribution is 6.04. The van der Waals surface area contributed by atoms with Crippen molar-refractivity contribution in [1.29, 1.82) is 0 Å². The van der Waals surface area contributed by atoms with Gasteiger partial charge in [0.15, 0.2) is 0 Å². The molecule has 0 aromatic carbocycles. The Kier molecular flexibility index (Phi) is 1.75. The summed E-state index contributed by atoms with van der Waals surface area (Å²) in [5.41, 5.74) is 0.428. The Morgan fingerprint density at radius 1 is 0.727 bits per heavy atom. The maximum atomic E-state index is 13.2. The fraction of sp³-hybridized carbons (Fsp3) is 0.900. The van der Waals surface area contributed by atoms with Gasteiger partial charge < -0.3 is 0 Å². The third-order valence-electron chi connectivity index (χ3n) is 9.98. The van der Waals surface area contributed by atoms with Crippen molar-refractivity contribution in [3.05, 3.63) is 0 Å². The quantitative estimate of drug-likeness (QED) is 0.688. The molecule has 7 aliphatic carbocycles. The largest absolute Gasteiger partial charge is 0.299 e. The number of fused-ring (bicyclic) bond motifs is 3. The first kappa shape index (κ1) is 11.8. The van der Waals surface area contributed by atoms with Crippen molar-refractivity contribution >= 4 is 11.6 Å². The summed E-state index contributed by atoms with van der Waals surface area (Å²) in [6.45, 7) is 0. The number of carbonyl (C=O) groups is 2. The Morgan fingerprint density at radius 3 is 1.73 bits per heavy atom. The smallest absolute Gasteiger partial charge is 0.141 e. The highest BCUT2D eigenvalue weighted by atomic mass is 16.1. The summed E-state index contributed by atoms with van der Waals surface area (Å²) in [5.74, 6) is 5.99. The summed E-state index contributed by atoms with van der Waals surface area (Å²) in [5, 5.41) is 0. The molecule has 2 heteroatoms. The molecular weight excluding hydrogens is 272 g/mol. The lowest BCUT2D eigenvalue weighted by Gasteiger charge is -2.43. The van der Waals surface area contributed by atoms with Gasteiger partial charge in [-0.15, -0.1) is 0 Å². The monoisotopic (exact) mass is 296 g/mol. The number of carbonyl (C=O) groups excluding carboxylic acids is 2. The van der Waals surface area contributed by atoms with Crippen LogP contribution in [0.3, 0.4) is 0 Å². The SMILES string of the molecule is O=C1[C@@H]2[C@@H]3C(=O)[C@H]4[C@@H]1[C@H]1[C@@H]2[C@H]2CC[C@@H](C2)[C@@H]3[C@H]4C12CCCC2. The summed E-state index contributed by atoms with van der Waals surface area (Å²) >= 11 is 0. The van der Waals surface area contributed by atoms with Gasteiger partial charge in [-0.25, -0.2) is 0 Å². The maximum absolute atomic E-state index is 13.2. The highest BCUT2D eigenvalue weighted by Crippen LogP contribution is 2.82. The van der Waals surface area contributed by atoms with Gasteiger partial charge in [0.25, 0.3) is 0 Å². The van der Waals surface area contributed by atoms with Gasteiger partial charge in [0, 0.05) is 23.7 Å². The summed E-state index contributed by atoms with van der Waals surface area (Å²) in [7, 11) is 0. The first-order valence-electron chi connectivity index (χ1n) is 9.81. The van der Waals surface area contributed by atoms with Crippen LogP contribution in [0.4, 0.5) is 0 Å². The van der Waals surface area contributed by atoms with Crippen molar-refractivity contribution in [2.75, 3.05) is 0 Å². The summed E-state index contributed by atoms with van der Waals surface area (Å²) in [4.78, 5) is 26.5. The molecule has 22 heavy (non-hydrogen) atoms. The molecule has 0 saturated heterocycles. The molecular formula is C20H24O2. The van der Waals surface area contributed by atoms with Gasteiger partial charge in [0.2, 0.25) is 0 Å². The van der Waals surface area contributed by atoms with Gasteiger partial charge >= 0.3 is 0 Å². The molecule has 0 N–H and O–H groups in total. The average molecular weight is 296 g/mol. The predicted octanol–water partition coefficient (Wildman–Crippen LogP) is 3.10.